The van der Waals surface area contributed by atoms with Crippen LogP contribution in [-0.2, 0) is 6.61 Å². The average Bonchev–Trinajstić information content (AvgIpc) is 2.38. The molecule has 86 valence electrons. The van der Waals surface area contributed by atoms with Crippen molar-refractivity contribution >= 4 is 17.2 Å². The molecule has 1 aromatic carbocycles. The maximum atomic E-state index is 5.56. The minimum atomic E-state index is 0.273. The van der Waals surface area contributed by atoms with Crippen molar-refractivity contribution in [2.75, 3.05) is 0 Å². The molecule has 0 fully saturated rings. The normalized spacial score (nSPS) is 9.88. The lowest BCUT2D eigenvalue weighted by Crippen LogP contribution is -2.11. The first kappa shape index (κ1) is 11.5. The van der Waals surface area contributed by atoms with Gasteiger partial charge in [-0.05, 0) is 11.6 Å². The largest absolute Gasteiger partial charge is 0.473 e. The molecule has 4 heteroatoms. The van der Waals surface area contributed by atoms with E-state index in [1.165, 1.54) is 0 Å². The average molecular weight is 244 g/mol. The van der Waals surface area contributed by atoms with E-state index in [4.69, 9.17) is 22.7 Å². The summed E-state index contributed by atoms with van der Waals surface area (Å²) in [7, 11) is 0. The van der Waals surface area contributed by atoms with E-state index in [1.807, 2.05) is 36.4 Å². The molecule has 2 N–H and O–H groups in total. The van der Waals surface area contributed by atoms with Gasteiger partial charge in [0, 0.05) is 6.07 Å². The van der Waals surface area contributed by atoms with E-state index in [1.54, 1.807) is 12.1 Å². The Bertz CT molecular complexity index is 514. The lowest BCUT2D eigenvalue weighted by atomic mass is 10.2. The predicted molar refractivity (Wildman–Crippen MR) is 70.9 cm³/mol. The molecule has 0 aliphatic rings. The fourth-order valence-corrected chi connectivity index (χ4v) is 1.48. The zero-order valence-electron chi connectivity index (χ0n) is 9.17. The van der Waals surface area contributed by atoms with Crippen LogP contribution in [0.5, 0.6) is 5.88 Å². The van der Waals surface area contributed by atoms with Gasteiger partial charge in [0.2, 0.25) is 5.88 Å². The third-order valence-electron chi connectivity index (χ3n) is 2.21. The summed E-state index contributed by atoms with van der Waals surface area (Å²) in [6, 6.07) is 15.3. The van der Waals surface area contributed by atoms with Crippen molar-refractivity contribution in [1.29, 1.82) is 0 Å². The molecule has 3 nitrogen and oxygen atoms in total. The quantitative estimate of drug-likeness (QED) is 0.838. The molecular weight excluding hydrogens is 232 g/mol. The minimum Gasteiger partial charge on any atom is -0.473 e. The maximum absolute atomic E-state index is 5.56. The zero-order valence-corrected chi connectivity index (χ0v) is 9.98. The Hall–Kier alpha value is -1.94. The van der Waals surface area contributed by atoms with Crippen LogP contribution < -0.4 is 10.5 Å². The summed E-state index contributed by atoms with van der Waals surface area (Å²) in [5, 5.41) is 0. The Kier molecular flexibility index (Phi) is 3.67. The Morgan fingerprint density at radius 3 is 2.59 bits per heavy atom. The van der Waals surface area contributed by atoms with Crippen LogP contribution in [0.15, 0.2) is 48.5 Å². The number of thiocarbonyl (C=S) groups is 1. The number of ether oxygens (including phenoxy) is 1. The molecule has 0 atom stereocenters. The van der Waals surface area contributed by atoms with Gasteiger partial charge >= 0.3 is 0 Å². The van der Waals surface area contributed by atoms with Gasteiger partial charge in [-0.3, -0.25) is 0 Å². The van der Waals surface area contributed by atoms with E-state index in [2.05, 4.69) is 4.98 Å². The molecule has 1 heterocycles. The third-order valence-corrected chi connectivity index (χ3v) is 2.41. The van der Waals surface area contributed by atoms with E-state index in [-0.39, 0.29) is 4.99 Å². The van der Waals surface area contributed by atoms with Gasteiger partial charge in [-0.1, -0.05) is 48.6 Å². The van der Waals surface area contributed by atoms with Crippen LogP contribution in [0.1, 0.15) is 11.3 Å². The molecule has 2 rings (SSSR count). The highest BCUT2D eigenvalue weighted by Gasteiger charge is 2.01. The van der Waals surface area contributed by atoms with Crippen LogP contribution in [-0.4, -0.2) is 9.97 Å². The van der Waals surface area contributed by atoms with Crippen LogP contribution in [0.3, 0.4) is 0 Å². The Labute approximate surface area is 105 Å². The van der Waals surface area contributed by atoms with Gasteiger partial charge in [0.05, 0.1) is 0 Å². The number of nitrogens with two attached hydrogens (primary N) is 1. The van der Waals surface area contributed by atoms with Gasteiger partial charge in [-0.15, -0.1) is 0 Å². The summed E-state index contributed by atoms with van der Waals surface area (Å²) < 4.78 is 5.56. The van der Waals surface area contributed by atoms with E-state index in [9.17, 15) is 0 Å². The van der Waals surface area contributed by atoms with Crippen molar-refractivity contribution in [3.8, 4) is 5.88 Å². The molecule has 0 aliphatic heterocycles. The lowest BCUT2D eigenvalue weighted by molar-refractivity contribution is 0.294. The molecule has 0 unspecified atom stereocenters. The number of pyridine rings is 1. The number of nitrogens with zero attached hydrogens (tertiary/aromatic N) is 1. The van der Waals surface area contributed by atoms with Crippen molar-refractivity contribution < 1.29 is 4.74 Å². The maximum Gasteiger partial charge on any atom is 0.214 e. The predicted octanol–water partition coefficient (Wildman–Crippen LogP) is 2.29. The third kappa shape index (κ3) is 3.26. The molecule has 0 radical (unpaired) electrons. The van der Waals surface area contributed by atoms with Crippen molar-refractivity contribution in [3.05, 3.63) is 59.8 Å². The molecule has 2 aromatic rings. The standard InChI is InChI=1S/C13H12N2OS/c14-13(17)11-7-4-8-12(15-11)16-9-10-5-2-1-3-6-10/h1-8H,9H2,(H2,14,17). The molecule has 17 heavy (non-hydrogen) atoms. The van der Waals surface area contributed by atoms with Gasteiger partial charge in [-0.25, -0.2) is 4.98 Å². The number of benzene rings is 1. The summed E-state index contributed by atoms with van der Waals surface area (Å²) in [6.45, 7) is 0.481. The highest BCUT2D eigenvalue weighted by molar-refractivity contribution is 7.80. The molecule has 0 spiro atoms. The summed E-state index contributed by atoms with van der Waals surface area (Å²) in [4.78, 5) is 4.47. The molecule has 0 saturated heterocycles. The molecule has 0 bridgehead atoms. The van der Waals surface area contributed by atoms with Crippen LogP contribution >= 0.6 is 12.2 Å². The smallest absolute Gasteiger partial charge is 0.214 e. The summed E-state index contributed by atoms with van der Waals surface area (Å²) in [5.74, 6) is 0.527. The number of rotatable bonds is 4. The lowest BCUT2D eigenvalue weighted by Gasteiger charge is -2.06. The fraction of sp³-hybridized carbons (Fsp3) is 0.0769. The number of aromatic nitrogens is 1. The van der Waals surface area contributed by atoms with Crippen LogP contribution in [0.2, 0.25) is 0 Å². The van der Waals surface area contributed by atoms with Crippen LogP contribution in [0, 0.1) is 0 Å². The summed E-state index contributed by atoms with van der Waals surface area (Å²) in [6.07, 6.45) is 0. The first-order valence-corrected chi connectivity index (χ1v) is 5.60. The van der Waals surface area contributed by atoms with Crippen LogP contribution in [0.25, 0.3) is 0 Å². The molecule has 0 aliphatic carbocycles. The molecule has 0 amide bonds. The van der Waals surface area contributed by atoms with E-state index >= 15 is 0 Å². The molecular formula is C13H12N2OS. The van der Waals surface area contributed by atoms with E-state index in [0.717, 1.165) is 5.56 Å². The first-order chi connectivity index (χ1) is 8.25. The van der Waals surface area contributed by atoms with Crippen LogP contribution in [0.4, 0.5) is 0 Å². The zero-order chi connectivity index (χ0) is 12.1. The number of hydrogen-bond donors (Lipinski definition) is 1. The van der Waals surface area contributed by atoms with Crippen molar-refractivity contribution in [3.63, 3.8) is 0 Å². The fourth-order valence-electron chi connectivity index (χ4n) is 1.36. The van der Waals surface area contributed by atoms with E-state index in [0.29, 0.717) is 18.2 Å². The van der Waals surface area contributed by atoms with Crippen molar-refractivity contribution in [1.82, 2.24) is 4.98 Å². The summed E-state index contributed by atoms with van der Waals surface area (Å²) in [5.41, 5.74) is 7.17. The van der Waals surface area contributed by atoms with Gasteiger partial charge in [0.15, 0.2) is 0 Å². The van der Waals surface area contributed by atoms with Gasteiger partial charge in [0.25, 0.3) is 0 Å². The highest BCUT2D eigenvalue weighted by Crippen LogP contribution is 2.10. The minimum absolute atomic E-state index is 0.273. The number of hydrogen-bond acceptors (Lipinski definition) is 3. The first-order valence-electron chi connectivity index (χ1n) is 5.19. The Morgan fingerprint density at radius 1 is 1.12 bits per heavy atom. The van der Waals surface area contributed by atoms with Crippen molar-refractivity contribution in [2.45, 2.75) is 6.61 Å². The summed E-state index contributed by atoms with van der Waals surface area (Å²) >= 11 is 4.86. The van der Waals surface area contributed by atoms with Gasteiger partial charge < -0.3 is 10.5 Å². The Balaban J connectivity index is 2.04. The highest BCUT2D eigenvalue weighted by atomic mass is 32.1. The van der Waals surface area contributed by atoms with Gasteiger partial charge in [-0.2, -0.15) is 0 Å². The van der Waals surface area contributed by atoms with Crippen molar-refractivity contribution in [2.24, 2.45) is 5.73 Å². The second kappa shape index (κ2) is 5.41. The SMILES string of the molecule is NC(=S)c1cccc(OCc2ccccc2)n1. The second-order valence-corrected chi connectivity index (χ2v) is 3.94. The van der Waals surface area contributed by atoms with Gasteiger partial charge in [0.1, 0.15) is 17.3 Å². The van der Waals surface area contributed by atoms with E-state index < -0.39 is 0 Å². The second-order valence-electron chi connectivity index (χ2n) is 3.50. The monoisotopic (exact) mass is 244 g/mol. The Morgan fingerprint density at radius 2 is 1.88 bits per heavy atom. The molecule has 1 aromatic heterocycles. The molecule has 0 saturated carbocycles. The topological polar surface area (TPSA) is 48.1 Å².